The SMILES string of the molecule is Cc1nc2cc(C(C)(C)CNCCN)ccc2n1C. The van der Waals surface area contributed by atoms with Crippen LogP contribution in [-0.2, 0) is 12.5 Å². The van der Waals surface area contributed by atoms with Gasteiger partial charge in [0, 0.05) is 32.1 Å². The summed E-state index contributed by atoms with van der Waals surface area (Å²) in [5.41, 5.74) is 9.16. The molecule has 3 N–H and O–H groups in total. The average Bonchev–Trinajstić information content (AvgIpc) is 2.65. The number of nitrogens with two attached hydrogens (primary N) is 1. The van der Waals surface area contributed by atoms with Crippen molar-refractivity contribution in [2.45, 2.75) is 26.2 Å². The zero-order valence-electron chi connectivity index (χ0n) is 12.3. The highest BCUT2D eigenvalue weighted by atomic mass is 15.0. The maximum atomic E-state index is 5.52. The van der Waals surface area contributed by atoms with Crippen LogP contribution in [0, 0.1) is 6.92 Å². The fraction of sp³-hybridized carbons (Fsp3) is 0.533. The summed E-state index contributed by atoms with van der Waals surface area (Å²) in [5.74, 6) is 1.05. The fourth-order valence-corrected chi connectivity index (χ4v) is 2.35. The van der Waals surface area contributed by atoms with Gasteiger partial charge in [0.05, 0.1) is 11.0 Å². The Kier molecular flexibility index (Phi) is 3.92. The third-order valence-electron chi connectivity index (χ3n) is 3.77. The van der Waals surface area contributed by atoms with Gasteiger partial charge in [-0.2, -0.15) is 0 Å². The maximum Gasteiger partial charge on any atom is 0.106 e. The van der Waals surface area contributed by atoms with E-state index in [1.54, 1.807) is 0 Å². The number of nitrogens with zero attached hydrogens (tertiary/aromatic N) is 2. The van der Waals surface area contributed by atoms with Crippen molar-refractivity contribution in [3.8, 4) is 0 Å². The Bertz CT molecular complexity index is 569. The topological polar surface area (TPSA) is 55.9 Å². The Labute approximate surface area is 115 Å². The summed E-state index contributed by atoms with van der Waals surface area (Å²) in [6.07, 6.45) is 0. The van der Waals surface area contributed by atoms with E-state index < -0.39 is 0 Å². The largest absolute Gasteiger partial charge is 0.331 e. The summed E-state index contributed by atoms with van der Waals surface area (Å²) in [7, 11) is 2.05. The molecule has 0 aliphatic rings. The molecule has 0 fully saturated rings. The molecule has 4 nitrogen and oxygen atoms in total. The molecule has 0 aliphatic carbocycles. The molecule has 1 aromatic carbocycles. The standard InChI is InChI=1S/C15H24N4/c1-11-18-13-9-12(5-6-14(13)19(11)4)15(2,3)10-17-8-7-16/h5-6,9,17H,7-8,10,16H2,1-4H3. The second kappa shape index (κ2) is 5.31. The van der Waals surface area contributed by atoms with E-state index in [0.717, 1.165) is 24.4 Å². The Morgan fingerprint density at radius 2 is 2.11 bits per heavy atom. The first-order valence-corrected chi connectivity index (χ1v) is 6.80. The molecule has 2 rings (SSSR count). The lowest BCUT2D eigenvalue weighted by Crippen LogP contribution is -2.35. The van der Waals surface area contributed by atoms with E-state index in [-0.39, 0.29) is 5.41 Å². The molecular weight excluding hydrogens is 236 g/mol. The molecule has 0 radical (unpaired) electrons. The number of imidazole rings is 1. The molecule has 0 unspecified atom stereocenters. The lowest BCUT2D eigenvalue weighted by molar-refractivity contribution is 0.474. The Morgan fingerprint density at radius 1 is 1.37 bits per heavy atom. The molecule has 0 bridgehead atoms. The molecule has 104 valence electrons. The van der Waals surface area contributed by atoms with E-state index >= 15 is 0 Å². The monoisotopic (exact) mass is 260 g/mol. The molecule has 1 heterocycles. The van der Waals surface area contributed by atoms with Crippen molar-refractivity contribution in [1.29, 1.82) is 0 Å². The predicted octanol–water partition coefficient (Wildman–Crippen LogP) is 1.71. The summed E-state index contributed by atoms with van der Waals surface area (Å²) in [6.45, 7) is 8.97. The number of rotatable bonds is 5. The molecule has 2 aromatic rings. The van der Waals surface area contributed by atoms with Gasteiger partial charge in [-0.25, -0.2) is 4.98 Å². The van der Waals surface area contributed by atoms with Crippen LogP contribution in [0.3, 0.4) is 0 Å². The quantitative estimate of drug-likeness (QED) is 0.805. The molecule has 0 saturated carbocycles. The van der Waals surface area contributed by atoms with Crippen LogP contribution in [-0.4, -0.2) is 29.2 Å². The van der Waals surface area contributed by atoms with Gasteiger partial charge in [0.1, 0.15) is 5.82 Å². The highest BCUT2D eigenvalue weighted by Crippen LogP contribution is 2.26. The number of nitrogens with one attached hydrogen (secondary N) is 1. The maximum absolute atomic E-state index is 5.52. The van der Waals surface area contributed by atoms with E-state index in [0.29, 0.717) is 6.54 Å². The van der Waals surface area contributed by atoms with Crippen molar-refractivity contribution >= 4 is 11.0 Å². The van der Waals surface area contributed by atoms with Gasteiger partial charge in [0.15, 0.2) is 0 Å². The number of aryl methyl sites for hydroxylation is 2. The van der Waals surface area contributed by atoms with E-state index in [9.17, 15) is 0 Å². The fourth-order valence-electron chi connectivity index (χ4n) is 2.35. The lowest BCUT2D eigenvalue weighted by Gasteiger charge is -2.25. The van der Waals surface area contributed by atoms with Gasteiger partial charge in [-0.05, 0) is 24.6 Å². The Balaban J connectivity index is 2.29. The van der Waals surface area contributed by atoms with Gasteiger partial charge in [0.2, 0.25) is 0 Å². The molecule has 0 aliphatic heterocycles. The predicted molar refractivity (Wildman–Crippen MR) is 80.4 cm³/mol. The zero-order valence-corrected chi connectivity index (χ0v) is 12.3. The highest BCUT2D eigenvalue weighted by molar-refractivity contribution is 5.77. The molecule has 0 atom stereocenters. The first-order valence-electron chi connectivity index (χ1n) is 6.80. The zero-order chi connectivity index (χ0) is 14.0. The highest BCUT2D eigenvalue weighted by Gasteiger charge is 2.21. The van der Waals surface area contributed by atoms with Crippen LogP contribution in [0.15, 0.2) is 18.2 Å². The summed E-state index contributed by atoms with van der Waals surface area (Å²) in [5, 5.41) is 3.39. The number of fused-ring (bicyclic) bond motifs is 1. The van der Waals surface area contributed by atoms with Crippen LogP contribution in [0.5, 0.6) is 0 Å². The minimum atomic E-state index is 0.0782. The number of hydrogen-bond donors (Lipinski definition) is 2. The number of aromatic nitrogens is 2. The van der Waals surface area contributed by atoms with Gasteiger partial charge in [0.25, 0.3) is 0 Å². The minimum absolute atomic E-state index is 0.0782. The van der Waals surface area contributed by atoms with Gasteiger partial charge in [-0.15, -0.1) is 0 Å². The molecule has 1 aromatic heterocycles. The van der Waals surface area contributed by atoms with E-state index in [1.807, 2.05) is 6.92 Å². The van der Waals surface area contributed by atoms with E-state index in [2.05, 4.69) is 54.0 Å². The molecular formula is C15H24N4. The second-order valence-electron chi connectivity index (χ2n) is 5.77. The van der Waals surface area contributed by atoms with Crippen molar-refractivity contribution in [3.63, 3.8) is 0 Å². The van der Waals surface area contributed by atoms with Crippen LogP contribution in [0.2, 0.25) is 0 Å². The number of hydrogen-bond acceptors (Lipinski definition) is 3. The first-order chi connectivity index (χ1) is 8.95. The molecule has 4 heteroatoms. The first kappa shape index (κ1) is 14.0. The normalized spacial score (nSPS) is 12.3. The Morgan fingerprint density at radius 3 is 2.79 bits per heavy atom. The molecule has 0 saturated heterocycles. The summed E-state index contributed by atoms with van der Waals surface area (Å²) >= 11 is 0. The van der Waals surface area contributed by atoms with Crippen LogP contribution < -0.4 is 11.1 Å². The van der Waals surface area contributed by atoms with Gasteiger partial charge >= 0.3 is 0 Å². The van der Waals surface area contributed by atoms with Crippen LogP contribution in [0.25, 0.3) is 11.0 Å². The average molecular weight is 260 g/mol. The van der Waals surface area contributed by atoms with Gasteiger partial charge in [-0.3, -0.25) is 0 Å². The third kappa shape index (κ3) is 2.80. The van der Waals surface area contributed by atoms with Gasteiger partial charge in [-0.1, -0.05) is 19.9 Å². The van der Waals surface area contributed by atoms with Crippen LogP contribution >= 0.6 is 0 Å². The van der Waals surface area contributed by atoms with Crippen molar-refractivity contribution < 1.29 is 0 Å². The smallest absolute Gasteiger partial charge is 0.106 e. The van der Waals surface area contributed by atoms with Crippen molar-refractivity contribution in [2.24, 2.45) is 12.8 Å². The molecule has 0 amide bonds. The summed E-state index contributed by atoms with van der Waals surface area (Å²) in [4.78, 5) is 4.61. The molecule has 19 heavy (non-hydrogen) atoms. The molecule has 0 spiro atoms. The van der Waals surface area contributed by atoms with Crippen molar-refractivity contribution in [1.82, 2.24) is 14.9 Å². The summed E-state index contributed by atoms with van der Waals surface area (Å²) < 4.78 is 2.12. The van der Waals surface area contributed by atoms with Crippen molar-refractivity contribution in [2.75, 3.05) is 19.6 Å². The third-order valence-corrected chi connectivity index (χ3v) is 3.77. The Hall–Kier alpha value is -1.39. The van der Waals surface area contributed by atoms with E-state index in [4.69, 9.17) is 5.73 Å². The van der Waals surface area contributed by atoms with Gasteiger partial charge < -0.3 is 15.6 Å². The van der Waals surface area contributed by atoms with Crippen LogP contribution in [0.1, 0.15) is 25.2 Å². The number of benzene rings is 1. The van der Waals surface area contributed by atoms with Crippen LogP contribution in [0.4, 0.5) is 0 Å². The van der Waals surface area contributed by atoms with Crippen molar-refractivity contribution in [3.05, 3.63) is 29.6 Å². The van der Waals surface area contributed by atoms with E-state index in [1.165, 1.54) is 11.1 Å². The summed E-state index contributed by atoms with van der Waals surface area (Å²) in [6, 6.07) is 6.56. The second-order valence-corrected chi connectivity index (χ2v) is 5.77. The minimum Gasteiger partial charge on any atom is -0.331 e. The lowest BCUT2D eigenvalue weighted by atomic mass is 9.84.